The molecule has 0 fully saturated rings. The number of hydrogen-bond acceptors (Lipinski definition) is 8. The summed E-state index contributed by atoms with van der Waals surface area (Å²) in [6, 6.07) is 13.1. The van der Waals surface area contributed by atoms with E-state index in [0.717, 1.165) is 59.0 Å². The molecule has 0 aliphatic heterocycles. The number of Topliss-reactive ketones (excluding diaryl/α,β-unsaturated/α-hetero) is 1. The lowest BCUT2D eigenvalue weighted by Gasteiger charge is -2.27. The number of anilines is 2. The number of halogens is 4. The molecule has 0 saturated carbocycles. The predicted octanol–water partition coefficient (Wildman–Crippen LogP) is 4.66. The summed E-state index contributed by atoms with van der Waals surface area (Å²) in [4.78, 5) is 26.0. The summed E-state index contributed by atoms with van der Waals surface area (Å²) in [5.74, 6) is -3.06. The van der Waals surface area contributed by atoms with E-state index in [2.05, 4.69) is 4.98 Å². The molecule has 1 heterocycles. The number of ketones is 1. The number of sulfonamides is 2. The van der Waals surface area contributed by atoms with Crippen LogP contribution in [0.4, 0.5) is 29.1 Å². The van der Waals surface area contributed by atoms with E-state index in [1.165, 1.54) is 25.1 Å². The smallest absolute Gasteiger partial charge is 0.445 e. The van der Waals surface area contributed by atoms with Gasteiger partial charge in [-0.05, 0) is 55.5 Å². The number of nitrogens with zero attached hydrogens (tertiary/aromatic N) is 3. The quantitative estimate of drug-likeness (QED) is 0.100. The Morgan fingerprint density at radius 1 is 0.860 bits per heavy atom. The van der Waals surface area contributed by atoms with E-state index >= 15 is 0 Å². The van der Waals surface area contributed by atoms with Gasteiger partial charge in [-0.1, -0.05) is 24.3 Å². The summed E-state index contributed by atoms with van der Waals surface area (Å²) < 4.78 is 112. The zero-order valence-corrected chi connectivity index (χ0v) is 23.7. The molecule has 0 N–H and O–H groups in total. The molecule has 0 bridgehead atoms. The predicted molar refractivity (Wildman–Crippen MR) is 147 cm³/mol. The molecular formula is C27H21F4N3O7S2. The van der Waals surface area contributed by atoms with Crippen molar-refractivity contribution in [3.63, 3.8) is 0 Å². The average molecular weight is 640 g/mol. The molecule has 43 heavy (non-hydrogen) atoms. The van der Waals surface area contributed by atoms with Gasteiger partial charge in [0.2, 0.25) is 0 Å². The summed E-state index contributed by atoms with van der Waals surface area (Å²) in [5, 5.41) is 0.326. The summed E-state index contributed by atoms with van der Waals surface area (Å²) in [6.07, 6.45) is -4.06. The first-order chi connectivity index (χ1) is 20.2. The second-order valence-corrected chi connectivity index (χ2v) is 12.5. The molecule has 3 aromatic carbocycles. The van der Waals surface area contributed by atoms with E-state index < -0.39 is 55.0 Å². The number of aromatic nitrogens is 1. The number of alkyl halides is 3. The third kappa shape index (κ3) is 6.15. The van der Waals surface area contributed by atoms with Crippen LogP contribution in [0.15, 0.2) is 88.8 Å². The van der Waals surface area contributed by atoms with E-state index in [4.69, 9.17) is 4.74 Å². The van der Waals surface area contributed by atoms with Crippen LogP contribution in [0, 0.1) is 5.82 Å². The molecule has 0 aliphatic rings. The first-order valence-corrected chi connectivity index (χ1v) is 15.1. The minimum Gasteiger partial charge on any atom is -0.445 e. The van der Waals surface area contributed by atoms with Gasteiger partial charge in [0.1, 0.15) is 5.82 Å². The molecular weight excluding hydrogens is 618 g/mol. The zero-order valence-electron chi connectivity index (χ0n) is 22.0. The average Bonchev–Trinajstić information content (AvgIpc) is 2.97. The van der Waals surface area contributed by atoms with E-state index in [1.807, 2.05) is 0 Å². The number of carbonyl (C=O) groups is 2. The summed E-state index contributed by atoms with van der Waals surface area (Å²) in [5.41, 5.74) is -0.751. The molecule has 1 aromatic heterocycles. The molecule has 10 nitrogen and oxygen atoms in total. The molecule has 0 spiro atoms. The minimum atomic E-state index is -5.14. The van der Waals surface area contributed by atoms with Gasteiger partial charge in [-0.15, -0.1) is 0 Å². The molecule has 4 rings (SSSR count). The highest BCUT2D eigenvalue weighted by Gasteiger charge is 2.39. The van der Waals surface area contributed by atoms with Gasteiger partial charge in [0.15, 0.2) is 12.5 Å². The van der Waals surface area contributed by atoms with Crippen LogP contribution in [0.25, 0.3) is 10.8 Å². The van der Waals surface area contributed by atoms with Crippen molar-refractivity contribution in [2.45, 2.75) is 22.9 Å². The van der Waals surface area contributed by atoms with Crippen molar-refractivity contribution in [2.24, 2.45) is 0 Å². The van der Waals surface area contributed by atoms with Gasteiger partial charge in [0.05, 0.1) is 21.7 Å². The maximum Gasteiger partial charge on any atom is 0.454 e. The molecule has 16 heteroatoms. The third-order valence-corrected chi connectivity index (χ3v) is 9.80. The third-order valence-electron chi connectivity index (χ3n) is 6.17. The van der Waals surface area contributed by atoms with Crippen molar-refractivity contribution in [2.75, 3.05) is 21.9 Å². The highest BCUT2D eigenvalue weighted by Crippen LogP contribution is 2.36. The number of hydrogen-bond donors (Lipinski definition) is 0. The highest BCUT2D eigenvalue weighted by molar-refractivity contribution is 7.93. The topological polar surface area (TPSA) is 131 Å². The Kier molecular flexibility index (Phi) is 8.73. The van der Waals surface area contributed by atoms with Gasteiger partial charge >= 0.3 is 6.18 Å². The van der Waals surface area contributed by atoms with Crippen LogP contribution in [-0.2, 0) is 29.6 Å². The fourth-order valence-corrected chi connectivity index (χ4v) is 6.96. The monoisotopic (exact) mass is 639 g/mol. The first-order valence-electron chi connectivity index (χ1n) is 12.2. The minimum absolute atomic E-state index is 0.00673. The van der Waals surface area contributed by atoms with Crippen molar-refractivity contribution in [3.8, 4) is 0 Å². The van der Waals surface area contributed by atoms with Crippen LogP contribution in [0.1, 0.15) is 17.3 Å². The molecule has 0 amide bonds. The van der Waals surface area contributed by atoms with Crippen molar-refractivity contribution >= 4 is 54.6 Å². The molecule has 0 aliphatic carbocycles. The van der Waals surface area contributed by atoms with Gasteiger partial charge in [-0.2, -0.15) is 13.2 Å². The fraction of sp³-hybridized carbons (Fsp3) is 0.148. The van der Waals surface area contributed by atoms with Gasteiger partial charge < -0.3 is 4.74 Å². The number of ether oxygens (including phenoxy) is 1. The van der Waals surface area contributed by atoms with Crippen LogP contribution in [0.2, 0.25) is 0 Å². The first kappa shape index (κ1) is 31.4. The van der Waals surface area contributed by atoms with Crippen LogP contribution in [0.5, 0.6) is 0 Å². The summed E-state index contributed by atoms with van der Waals surface area (Å²) >= 11 is 0. The van der Waals surface area contributed by atoms with E-state index in [1.54, 1.807) is 6.07 Å². The van der Waals surface area contributed by atoms with Crippen molar-refractivity contribution in [3.05, 3.63) is 90.4 Å². The zero-order chi connectivity index (χ0) is 31.6. The molecule has 0 atom stereocenters. The van der Waals surface area contributed by atoms with Crippen LogP contribution < -0.4 is 8.61 Å². The standard InChI is InChI=1S/C27H21F4N3O7S2/c1-2-33(42(37,38)20-11-7-18(8-12-20)25(36)27(29,30)31)24-15-32-26(23-6-4-3-5-22(23)24)34(16-41-17-35)43(39,40)21-13-9-19(28)10-14-21/h3-15,17H,2,16H2,1H3. The van der Waals surface area contributed by atoms with Gasteiger partial charge in [-0.25, -0.2) is 30.5 Å². The maximum absolute atomic E-state index is 13.6. The largest absolute Gasteiger partial charge is 0.454 e. The lowest BCUT2D eigenvalue weighted by Crippen LogP contribution is -2.35. The lowest BCUT2D eigenvalue weighted by molar-refractivity contribution is -0.128. The Hall–Kier alpha value is -4.57. The fourth-order valence-electron chi connectivity index (χ4n) is 4.18. The van der Waals surface area contributed by atoms with Gasteiger partial charge in [0, 0.05) is 22.9 Å². The molecule has 226 valence electrons. The Balaban J connectivity index is 1.83. The summed E-state index contributed by atoms with van der Waals surface area (Å²) in [6.45, 7) is 0.508. The van der Waals surface area contributed by atoms with Crippen LogP contribution in [0.3, 0.4) is 0 Å². The van der Waals surface area contributed by atoms with Crippen molar-refractivity contribution < 1.29 is 48.7 Å². The Morgan fingerprint density at radius 3 is 1.93 bits per heavy atom. The SMILES string of the molecule is CCN(c1cnc(N(COC=O)S(=O)(=O)c2ccc(F)cc2)c2ccccc12)S(=O)(=O)c1ccc(C(=O)C(F)(F)F)cc1. The molecule has 4 aromatic rings. The number of fused-ring (bicyclic) bond motifs is 1. The number of pyridine rings is 1. The summed E-state index contributed by atoms with van der Waals surface area (Å²) in [7, 11) is -8.92. The van der Waals surface area contributed by atoms with E-state index in [0.29, 0.717) is 4.31 Å². The number of rotatable bonds is 11. The second-order valence-electron chi connectivity index (χ2n) is 8.73. The van der Waals surface area contributed by atoms with E-state index in [-0.39, 0.29) is 40.2 Å². The lowest BCUT2D eigenvalue weighted by atomic mass is 10.1. The van der Waals surface area contributed by atoms with Gasteiger partial charge in [0.25, 0.3) is 32.3 Å². The molecule has 0 saturated heterocycles. The second kappa shape index (κ2) is 12.0. The Bertz CT molecular complexity index is 1880. The maximum atomic E-state index is 13.6. The van der Waals surface area contributed by atoms with Crippen LogP contribution in [-0.4, -0.2) is 53.5 Å². The van der Waals surface area contributed by atoms with Gasteiger partial charge in [-0.3, -0.25) is 13.9 Å². The molecule has 0 unspecified atom stereocenters. The number of carbonyl (C=O) groups excluding carboxylic acids is 2. The Labute approximate surface area is 243 Å². The van der Waals surface area contributed by atoms with Crippen molar-refractivity contribution in [1.82, 2.24) is 4.98 Å². The normalized spacial score (nSPS) is 12.1. The number of benzene rings is 3. The van der Waals surface area contributed by atoms with Crippen LogP contribution >= 0.6 is 0 Å². The Morgan fingerprint density at radius 2 is 1.40 bits per heavy atom. The highest BCUT2D eigenvalue weighted by atomic mass is 32.2. The van der Waals surface area contributed by atoms with E-state index in [9.17, 15) is 44.0 Å². The molecule has 0 radical (unpaired) electrons. The van der Waals surface area contributed by atoms with Crippen molar-refractivity contribution in [1.29, 1.82) is 0 Å².